The average molecular weight is 744 g/mol. The number of allylic oxidation sites excluding steroid dienone is 1. The number of phosphoric acid groups is 1. The fraction of sp³-hybridized carbons (Fsp3) is 0.930. The lowest BCUT2D eigenvalue weighted by Gasteiger charge is -2.22. The smallest absolute Gasteiger partial charge is 0.387 e. The van der Waals surface area contributed by atoms with Crippen LogP contribution in [0.2, 0.25) is 0 Å². The van der Waals surface area contributed by atoms with Gasteiger partial charge in [-0.1, -0.05) is 225 Å². The highest BCUT2D eigenvalue weighted by atomic mass is 31.2. The van der Waals surface area contributed by atoms with Crippen molar-refractivity contribution < 1.29 is 28.8 Å². The van der Waals surface area contributed by atoms with Crippen molar-refractivity contribution in [3.05, 3.63) is 12.2 Å². The van der Waals surface area contributed by atoms with Gasteiger partial charge in [0.05, 0.1) is 18.8 Å². The zero-order valence-electron chi connectivity index (χ0n) is 33.8. The van der Waals surface area contributed by atoms with Crippen molar-refractivity contribution in [2.75, 3.05) is 6.61 Å². The van der Waals surface area contributed by atoms with Crippen LogP contribution in [0.1, 0.15) is 239 Å². The predicted octanol–water partition coefficient (Wildman–Crippen LogP) is 13.2. The maximum Gasteiger partial charge on any atom is 0.469 e. The highest BCUT2D eigenvalue weighted by Gasteiger charge is 2.24. The number of phosphoric ester groups is 1. The number of carbonyl (C=O) groups excluding carboxylic acids is 1. The average Bonchev–Trinajstić information content (AvgIpc) is 3.10. The van der Waals surface area contributed by atoms with Crippen LogP contribution in [0, 0.1) is 0 Å². The van der Waals surface area contributed by atoms with Crippen LogP contribution in [-0.2, 0) is 13.9 Å². The van der Waals surface area contributed by atoms with E-state index in [0.717, 1.165) is 38.5 Å². The summed E-state index contributed by atoms with van der Waals surface area (Å²) >= 11 is 0. The summed E-state index contributed by atoms with van der Waals surface area (Å²) in [6.07, 6.45) is 46.7. The van der Waals surface area contributed by atoms with Gasteiger partial charge < -0.3 is 20.2 Å². The van der Waals surface area contributed by atoms with E-state index in [1.165, 1.54) is 180 Å². The Labute approximate surface area is 316 Å². The molecular formula is C43H86NO6P. The summed E-state index contributed by atoms with van der Waals surface area (Å²) < 4.78 is 15.9. The molecule has 0 heterocycles. The van der Waals surface area contributed by atoms with Gasteiger partial charge in [-0.25, -0.2) is 4.57 Å². The number of rotatable bonds is 41. The second-order valence-corrected chi connectivity index (χ2v) is 16.6. The fourth-order valence-corrected chi connectivity index (χ4v) is 7.23. The molecule has 0 saturated carbocycles. The Hall–Kier alpha value is -0.720. The molecule has 0 aliphatic rings. The third kappa shape index (κ3) is 40.3. The molecule has 0 saturated heterocycles. The van der Waals surface area contributed by atoms with Gasteiger partial charge in [0.15, 0.2) is 0 Å². The quantitative estimate of drug-likeness (QED) is 0.0281. The van der Waals surface area contributed by atoms with E-state index in [4.69, 9.17) is 9.79 Å². The van der Waals surface area contributed by atoms with Crippen LogP contribution < -0.4 is 5.32 Å². The molecular weight excluding hydrogens is 657 g/mol. The van der Waals surface area contributed by atoms with Crippen molar-refractivity contribution in [1.82, 2.24) is 5.32 Å². The Morgan fingerprint density at radius 1 is 0.549 bits per heavy atom. The zero-order valence-corrected chi connectivity index (χ0v) is 34.7. The van der Waals surface area contributed by atoms with Crippen molar-refractivity contribution in [1.29, 1.82) is 0 Å². The van der Waals surface area contributed by atoms with E-state index >= 15 is 0 Å². The lowest BCUT2D eigenvalue weighted by atomic mass is 10.0. The first-order valence-corrected chi connectivity index (χ1v) is 23.7. The number of amides is 1. The molecule has 304 valence electrons. The van der Waals surface area contributed by atoms with Crippen LogP contribution in [0.3, 0.4) is 0 Å². The number of carbonyl (C=O) groups is 1. The molecule has 0 spiro atoms. The van der Waals surface area contributed by atoms with E-state index in [0.29, 0.717) is 6.42 Å². The molecule has 0 aromatic rings. The van der Waals surface area contributed by atoms with E-state index < -0.39 is 26.6 Å². The monoisotopic (exact) mass is 744 g/mol. The second-order valence-electron chi connectivity index (χ2n) is 15.4. The van der Waals surface area contributed by atoms with Gasteiger partial charge in [0.1, 0.15) is 0 Å². The predicted molar refractivity (Wildman–Crippen MR) is 218 cm³/mol. The molecule has 0 aliphatic heterocycles. The number of nitrogens with one attached hydrogen (secondary N) is 1. The minimum absolute atomic E-state index is 0.222. The van der Waals surface area contributed by atoms with Crippen LogP contribution >= 0.6 is 7.82 Å². The second kappa shape index (κ2) is 39.0. The van der Waals surface area contributed by atoms with Crippen molar-refractivity contribution in [3.8, 4) is 0 Å². The third-order valence-electron chi connectivity index (χ3n) is 10.2. The van der Waals surface area contributed by atoms with Gasteiger partial charge in [-0.2, -0.15) is 0 Å². The number of unbranched alkanes of at least 4 members (excludes halogenated alkanes) is 32. The lowest BCUT2D eigenvalue weighted by molar-refractivity contribution is -0.123. The zero-order chi connectivity index (χ0) is 37.5. The molecule has 1 amide bonds. The largest absolute Gasteiger partial charge is 0.469 e. The fourth-order valence-electron chi connectivity index (χ4n) is 6.87. The summed E-state index contributed by atoms with van der Waals surface area (Å²) in [4.78, 5) is 30.9. The Morgan fingerprint density at radius 3 is 1.20 bits per heavy atom. The van der Waals surface area contributed by atoms with Crippen LogP contribution in [0.15, 0.2) is 12.2 Å². The SMILES string of the molecule is CCCCCCCCCCCCCC/C=C/[C@@H](O)[C@H](COP(=O)(O)O)NC(=O)CCCCCCCCCCCCCCCCCCCCCCC. The van der Waals surface area contributed by atoms with Gasteiger partial charge in [0.25, 0.3) is 0 Å². The molecule has 0 fully saturated rings. The summed E-state index contributed by atoms with van der Waals surface area (Å²) in [5, 5.41) is 13.4. The molecule has 0 unspecified atom stereocenters. The first-order valence-electron chi connectivity index (χ1n) is 22.1. The standard InChI is InChI=1S/C43H86NO6P/c1-3-5-7-9-11-13-15-17-19-20-21-22-23-24-25-27-29-31-33-35-37-39-43(46)44-41(40-50-51(47,48)49)42(45)38-36-34-32-30-28-26-18-16-14-12-10-8-6-4-2/h36,38,41-42,45H,3-35,37,39-40H2,1-2H3,(H,44,46)(H2,47,48,49)/b38-36+/t41-,42+/m0/s1. The van der Waals surface area contributed by atoms with Crippen LogP contribution in [0.5, 0.6) is 0 Å². The molecule has 7 nitrogen and oxygen atoms in total. The number of hydrogen-bond acceptors (Lipinski definition) is 4. The van der Waals surface area contributed by atoms with Gasteiger partial charge in [-0.05, 0) is 19.3 Å². The summed E-state index contributed by atoms with van der Waals surface area (Å²) in [5.74, 6) is -0.222. The van der Waals surface area contributed by atoms with E-state index in [-0.39, 0.29) is 5.91 Å². The third-order valence-corrected chi connectivity index (χ3v) is 10.7. The molecule has 8 heteroatoms. The maximum absolute atomic E-state index is 12.6. The molecule has 51 heavy (non-hydrogen) atoms. The Balaban J connectivity index is 3.87. The lowest BCUT2D eigenvalue weighted by Crippen LogP contribution is -2.45. The van der Waals surface area contributed by atoms with Crippen LogP contribution in [-0.4, -0.2) is 39.6 Å². The topological polar surface area (TPSA) is 116 Å². The summed E-state index contributed by atoms with van der Waals surface area (Å²) in [6, 6.07) is -0.904. The Bertz CT molecular complexity index is 803. The number of aliphatic hydroxyl groups excluding tert-OH is 1. The molecule has 0 radical (unpaired) electrons. The first kappa shape index (κ1) is 50.3. The van der Waals surface area contributed by atoms with Crippen LogP contribution in [0.25, 0.3) is 0 Å². The van der Waals surface area contributed by atoms with Crippen LogP contribution in [0.4, 0.5) is 0 Å². The van der Waals surface area contributed by atoms with E-state index in [9.17, 15) is 14.5 Å². The molecule has 2 atom stereocenters. The van der Waals surface area contributed by atoms with Crippen molar-refractivity contribution in [3.63, 3.8) is 0 Å². The Morgan fingerprint density at radius 2 is 0.863 bits per heavy atom. The minimum Gasteiger partial charge on any atom is -0.387 e. The van der Waals surface area contributed by atoms with Gasteiger partial charge in [-0.3, -0.25) is 9.32 Å². The first-order chi connectivity index (χ1) is 24.8. The van der Waals surface area contributed by atoms with Gasteiger partial charge in [-0.15, -0.1) is 0 Å². The highest BCUT2D eigenvalue weighted by Crippen LogP contribution is 2.35. The molecule has 0 aromatic heterocycles. The van der Waals surface area contributed by atoms with E-state index in [1.807, 2.05) is 6.08 Å². The highest BCUT2D eigenvalue weighted by molar-refractivity contribution is 7.46. The van der Waals surface area contributed by atoms with E-state index in [2.05, 4.69) is 23.7 Å². The van der Waals surface area contributed by atoms with Gasteiger partial charge in [0.2, 0.25) is 5.91 Å². The van der Waals surface area contributed by atoms with Gasteiger partial charge >= 0.3 is 7.82 Å². The number of hydrogen-bond donors (Lipinski definition) is 4. The summed E-state index contributed by atoms with van der Waals surface area (Å²) in [5.41, 5.74) is 0. The molecule has 0 aliphatic carbocycles. The molecule has 0 aromatic carbocycles. The maximum atomic E-state index is 12.6. The normalized spacial score (nSPS) is 13.3. The van der Waals surface area contributed by atoms with Crippen molar-refractivity contribution >= 4 is 13.7 Å². The van der Waals surface area contributed by atoms with Gasteiger partial charge in [0, 0.05) is 6.42 Å². The number of aliphatic hydroxyl groups is 1. The summed E-state index contributed by atoms with van der Waals surface area (Å²) in [6.45, 7) is 4.09. The van der Waals surface area contributed by atoms with Crippen molar-refractivity contribution in [2.45, 2.75) is 251 Å². The molecule has 0 bridgehead atoms. The molecule has 0 rings (SSSR count). The molecule has 4 N–H and O–H groups in total. The Kier molecular flexibility index (Phi) is 38.4. The minimum atomic E-state index is -4.71. The summed E-state index contributed by atoms with van der Waals surface area (Å²) in [7, 11) is -4.71. The van der Waals surface area contributed by atoms with Crippen molar-refractivity contribution in [2.24, 2.45) is 0 Å². The van der Waals surface area contributed by atoms with E-state index in [1.54, 1.807) is 6.08 Å².